The quantitative estimate of drug-likeness (QED) is 0.800. The third-order valence-corrected chi connectivity index (χ3v) is 4.57. The van der Waals surface area contributed by atoms with Crippen molar-refractivity contribution in [1.82, 2.24) is 10.6 Å². The van der Waals surface area contributed by atoms with Crippen molar-refractivity contribution < 1.29 is 23.5 Å². The highest BCUT2D eigenvalue weighted by Gasteiger charge is 2.24. The predicted octanol–water partition coefficient (Wildman–Crippen LogP) is 2.42. The lowest BCUT2D eigenvalue weighted by Crippen LogP contribution is -2.42. The van der Waals surface area contributed by atoms with Gasteiger partial charge >= 0.3 is 0 Å². The highest BCUT2D eigenvalue weighted by molar-refractivity contribution is 5.96. The first-order valence-corrected chi connectivity index (χ1v) is 9.06. The lowest BCUT2D eigenvalue weighted by Gasteiger charge is -2.28. The summed E-state index contributed by atoms with van der Waals surface area (Å²) in [5, 5.41) is 5.36. The summed E-state index contributed by atoms with van der Waals surface area (Å²) in [4.78, 5) is 24.1. The molecule has 0 saturated carbocycles. The van der Waals surface area contributed by atoms with Gasteiger partial charge in [-0.1, -0.05) is 19.9 Å². The average Bonchev–Trinajstić information content (AvgIpc) is 2.70. The summed E-state index contributed by atoms with van der Waals surface area (Å²) in [6, 6.07) is 10.9. The highest BCUT2D eigenvalue weighted by atomic mass is 19.1. The molecule has 0 fully saturated rings. The Kier molecular flexibility index (Phi) is 5.82. The number of halogens is 1. The number of nitrogens with one attached hydrogen (secondary N) is 2. The Morgan fingerprint density at radius 3 is 2.39 bits per heavy atom. The summed E-state index contributed by atoms with van der Waals surface area (Å²) in [6.07, 6.45) is 0. The maximum atomic E-state index is 12.9. The summed E-state index contributed by atoms with van der Waals surface area (Å²) in [5.41, 5.74) is 0.963. The maximum Gasteiger partial charge on any atom is 0.251 e. The molecule has 1 aliphatic rings. The van der Waals surface area contributed by atoms with Gasteiger partial charge in [0.1, 0.15) is 19.0 Å². The van der Waals surface area contributed by atoms with Crippen LogP contribution in [0.4, 0.5) is 4.39 Å². The lowest BCUT2D eigenvalue weighted by molar-refractivity contribution is -0.120. The van der Waals surface area contributed by atoms with E-state index in [1.165, 1.54) is 24.3 Å². The fraction of sp³-hybridized carbons (Fsp3) is 0.333. The second kappa shape index (κ2) is 8.29. The van der Waals surface area contributed by atoms with Gasteiger partial charge in [-0.25, -0.2) is 4.39 Å². The maximum absolute atomic E-state index is 12.9. The molecule has 28 heavy (non-hydrogen) atoms. The van der Waals surface area contributed by atoms with Gasteiger partial charge in [-0.2, -0.15) is 0 Å². The van der Waals surface area contributed by atoms with E-state index in [0.29, 0.717) is 31.1 Å². The first kappa shape index (κ1) is 19.7. The van der Waals surface area contributed by atoms with Crippen LogP contribution >= 0.6 is 0 Å². The van der Waals surface area contributed by atoms with E-state index in [4.69, 9.17) is 9.47 Å². The number of hydrogen-bond donors (Lipinski definition) is 2. The van der Waals surface area contributed by atoms with Crippen LogP contribution in [0.1, 0.15) is 29.8 Å². The van der Waals surface area contributed by atoms with Crippen molar-refractivity contribution in [2.45, 2.75) is 19.3 Å². The van der Waals surface area contributed by atoms with Gasteiger partial charge in [0.2, 0.25) is 5.91 Å². The van der Waals surface area contributed by atoms with Crippen LogP contribution in [-0.2, 0) is 10.2 Å². The molecule has 148 valence electrons. The largest absolute Gasteiger partial charge is 0.486 e. The van der Waals surface area contributed by atoms with Gasteiger partial charge in [0.25, 0.3) is 5.91 Å². The molecule has 0 radical (unpaired) electrons. The Hall–Kier alpha value is -3.09. The van der Waals surface area contributed by atoms with Crippen LogP contribution < -0.4 is 20.1 Å². The van der Waals surface area contributed by atoms with Gasteiger partial charge in [-0.05, 0) is 42.0 Å². The van der Waals surface area contributed by atoms with E-state index in [2.05, 4.69) is 10.6 Å². The molecule has 0 unspecified atom stereocenters. The van der Waals surface area contributed by atoms with Crippen LogP contribution in [0.25, 0.3) is 0 Å². The Labute approximate surface area is 163 Å². The Morgan fingerprint density at radius 2 is 1.68 bits per heavy atom. The van der Waals surface area contributed by atoms with E-state index in [-0.39, 0.29) is 17.9 Å². The molecule has 0 aromatic heterocycles. The minimum Gasteiger partial charge on any atom is -0.486 e. The molecule has 0 aliphatic carbocycles. The smallest absolute Gasteiger partial charge is 0.251 e. The second-order valence-electron chi connectivity index (χ2n) is 7.21. The van der Waals surface area contributed by atoms with Crippen LogP contribution in [0, 0.1) is 5.82 Å². The van der Waals surface area contributed by atoms with Crippen molar-refractivity contribution in [2.75, 3.05) is 26.3 Å². The number of fused-ring (bicyclic) bond motifs is 1. The van der Waals surface area contributed by atoms with Gasteiger partial charge in [-0.15, -0.1) is 0 Å². The monoisotopic (exact) mass is 386 g/mol. The normalized spacial score (nSPS) is 13.0. The van der Waals surface area contributed by atoms with Gasteiger partial charge in [0, 0.05) is 17.5 Å². The molecule has 1 heterocycles. The summed E-state index contributed by atoms with van der Waals surface area (Å²) in [5.74, 6) is 0.269. The lowest BCUT2D eigenvalue weighted by atomic mass is 9.84. The number of benzene rings is 2. The van der Waals surface area contributed by atoms with Crippen LogP contribution in [0.2, 0.25) is 0 Å². The minimum atomic E-state index is -0.429. The zero-order chi connectivity index (χ0) is 20.1. The second-order valence-corrected chi connectivity index (χ2v) is 7.21. The first-order chi connectivity index (χ1) is 13.3. The number of ether oxygens (including phenoxy) is 2. The number of carbonyl (C=O) groups is 2. The Balaban J connectivity index is 1.51. The van der Waals surface area contributed by atoms with E-state index in [0.717, 1.165) is 11.3 Å². The zero-order valence-electron chi connectivity index (χ0n) is 15.9. The molecule has 2 aromatic rings. The molecule has 1 aliphatic heterocycles. The fourth-order valence-electron chi connectivity index (χ4n) is 2.81. The SMILES string of the molecule is CC(C)(CNC(=O)CNC(=O)c1ccc(F)cc1)c1ccc2c(c1)OCCO2. The van der Waals surface area contributed by atoms with Gasteiger partial charge in [0.05, 0.1) is 6.54 Å². The predicted molar refractivity (Wildman–Crippen MR) is 102 cm³/mol. The molecule has 2 amide bonds. The van der Waals surface area contributed by atoms with E-state index >= 15 is 0 Å². The molecule has 2 N–H and O–H groups in total. The van der Waals surface area contributed by atoms with Crippen molar-refractivity contribution in [2.24, 2.45) is 0 Å². The van der Waals surface area contributed by atoms with Crippen molar-refractivity contribution in [3.63, 3.8) is 0 Å². The topological polar surface area (TPSA) is 76.7 Å². The summed E-state index contributed by atoms with van der Waals surface area (Å²) < 4.78 is 24.0. The molecule has 0 bridgehead atoms. The Morgan fingerprint density at radius 1 is 1.00 bits per heavy atom. The number of amides is 2. The summed E-state index contributed by atoms with van der Waals surface area (Å²) >= 11 is 0. The van der Waals surface area contributed by atoms with E-state index in [1.807, 2.05) is 32.0 Å². The van der Waals surface area contributed by atoms with Gasteiger partial charge in [-0.3, -0.25) is 9.59 Å². The van der Waals surface area contributed by atoms with Gasteiger partial charge in [0.15, 0.2) is 11.5 Å². The molecule has 0 spiro atoms. The third-order valence-electron chi connectivity index (χ3n) is 4.57. The van der Waals surface area contributed by atoms with E-state index in [1.54, 1.807) is 0 Å². The fourth-order valence-corrected chi connectivity index (χ4v) is 2.81. The minimum absolute atomic E-state index is 0.159. The van der Waals surface area contributed by atoms with Gasteiger partial charge < -0.3 is 20.1 Å². The number of hydrogen-bond acceptors (Lipinski definition) is 4. The van der Waals surface area contributed by atoms with Crippen molar-refractivity contribution >= 4 is 11.8 Å². The molecule has 6 nitrogen and oxygen atoms in total. The number of carbonyl (C=O) groups excluding carboxylic acids is 2. The summed E-state index contributed by atoms with van der Waals surface area (Å²) in [7, 11) is 0. The molecule has 3 rings (SSSR count). The van der Waals surface area contributed by atoms with Crippen LogP contribution in [-0.4, -0.2) is 38.1 Å². The van der Waals surface area contributed by atoms with Crippen LogP contribution in [0.5, 0.6) is 11.5 Å². The molecule has 7 heteroatoms. The molecule has 2 aromatic carbocycles. The molecular weight excluding hydrogens is 363 g/mol. The number of rotatable bonds is 6. The molecular formula is C21H23FN2O4. The van der Waals surface area contributed by atoms with E-state index < -0.39 is 11.7 Å². The Bertz CT molecular complexity index is 865. The summed E-state index contributed by atoms with van der Waals surface area (Å²) in [6.45, 7) is 5.30. The molecule has 0 atom stereocenters. The van der Waals surface area contributed by atoms with Crippen LogP contribution in [0.15, 0.2) is 42.5 Å². The first-order valence-electron chi connectivity index (χ1n) is 9.06. The standard InChI is InChI=1S/C21H23FN2O4/c1-21(2,15-5-8-17-18(11-15)28-10-9-27-17)13-24-19(25)12-23-20(26)14-3-6-16(22)7-4-14/h3-8,11H,9-10,12-13H2,1-2H3,(H,23,26)(H,24,25). The zero-order valence-corrected chi connectivity index (χ0v) is 15.9. The average molecular weight is 386 g/mol. The third kappa shape index (κ3) is 4.79. The van der Waals surface area contributed by atoms with E-state index in [9.17, 15) is 14.0 Å². The van der Waals surface area contributed by atoms with Crippen molar-refractivity contribution in [3.8, 4) is 11.5 Å². The van der Waals surface area contributed by atoms with Crippen molar-refractivity contribution in [3.05, 3.63) is 59.4 Å². The highest BCUT2D eigenvalue weighted by Crippen LogP contribution is 2.34. The molecule has 0 saturated heterocycles. The van der Waals surface area contributed by atoms with Crippen LogP contribution in [0.3, 0.4) is 0 Å². The van der Waals surface area contributed by atoms with Crippen molar-refractivity contribution in [1.29, 1.82) is 0 Å².